The summed E-state index contributed by atoms with van der Waals surface area (Å²) in [5.74, 6) is 0. The highest BCUT2D eigenvalue weighted by Gasteiger charge is 2.20. The Morgan fingerprint density at radius 3 is 2.86 bits per heavy atom. The van der Waals surface area contributed by atoms with E-state index in [9.17, 15) is 0 Å². The van der Waals surface area contributed by atoms with Gasteiger partial charge in [0.15, 0.2) is 0 Å². The molecular weight excluding hydrogens is 172 g/mol. The summed E-state index contributed by atoms with van der Waals surface area (Å²) in [5.41, 5.74) is 4.29. The van der Waals surface area contributed by atoms with Crippen LogP contribution in [0.4, 0.5) is 0 Å². The molecular formula is C12H18N2. The summed E-state index contributed by atoms with van der Waals surface area (Å²) in [5, 5.41) is 3.46. The maximum Gasteiger partial charge on any atom is 0.0470 e. The molecule has 0 saturated carbocycles. The summed E-state index contributed by atoms with van der Waals surface area (Å²) in [6.07, 6.45) is 0. The Bertz CT molecular complexity index is 331. The average Bonchev–Trinajstić information content (AvgIpc) is 2.16. The van der Waals surface area contributed by atoms with Gasteiger partial charge in [0.2, 0.25) is 0 Å². The van der Waals surface area contributed by atoms with Crippen molar-refractivity contribution < 1.29 is 0 Å². The van der Waals surface area contributed by atoms with Crippen LogP contribution in [0.15, 0.2) is 18.2 Å². The molecule has 1 heterocycles. The fourth-order valence-corrected chi connectivity index (χ4v) is 2.13. The zero-order valence-corrected chi connectivity index (χ0v) is 9.17. The molecule has 0 amide bonds. The SMILES string of the molecule is Cc1ccc2c(c1)CNC[C@@H]2N(C)C. The first kappa shape index (κ1) is 9.69. The highest BCUT2D eigenvalue weighted by Crippen LogP contribution is 2.25. The average molecular weight is 190 g/mol. The van der Waals surface area contributed by atoms with E-state index in [-0.39, 0.29) is 0 Å². The number of hydrogen-bond donors (Lipinski definition) is 1. The summed E-state index contributed by atoms with van der Waals surface area (Å²) in [6.45, 7) is 4.23. The Hall–Kier alpha value is -0.860. The van der Waals surface area contributed by atoms with Crippen LogP contribution < -0.4 is 5.32 Å². The first-order valence-electron chi connectivity index (χ1n) is 5.15. The second-order valence-electron chi connectivity index (χ2n) is 4.31. The standard InChI is InChI=1S/C12H18N2/c1-9-4-5-11-10(6-9)7-13-8-12(11)14(2)3/h4-6,12-13H,7-8H2,1-3H3/t12-/m0/s1. The van der Waals surface area contributed by atoms with Gasteiger partial charge in [-0.05, 0) is 32.1 Å². The zero-order chi connectivity index (χ0) is 10.1. The summed E-state index contributed by atoms with van der Waals surface area (Å²) in [6, 6.07) is 7.30. The number of likely N-dealkylation sites (N-methyl/N-ethyl adjacent to an activating group) is 1. The molecule has 0 unspecified atom stereocenters. The van der Waals surface area contributed by atoms with E-state index in [0.29, 0.717) is 6.04 Å². The number of nitrogens with one attached hydrogen (secondary N) is 1. The fourth-order valence-electron chi connectivity index (χ4n) is 2.13. The van der Waals surface area contributed by atoms with Crippen LogP contribution in [0.2, 0.25) is 0 Å². The van der Waals surface area contributed by atoms with E-state index in [0.717, 1.165) is 13.1 Å². The number of rotatable bonds is 1. The number of fused-ring (bicyclic) bond motifs is 1. The van der Waals surface area contributed by atoms with Gasteiger partial charge in [0.05, 0.1) is 0 Å². The molecule has 2 rings (SSSR count). The number of nitrogens with zero attached hydrogens (tertiary/aromatic N) is 1. The first-order valence-corrected chi connectivity index (χ1v) is 5.15. The Morgan fingerprint density at radius 1 is 1.36 bits per heavy atom. The minimum absolute atomic E-state index is 0.527. The van der Waals surface area contributed by atoms with Crippen LogP contribution in [0.1, 0.15) is 22.7 Å². The van der Waals surface area contributed by atoms with E-state index in [1.165, 1.54) is 16.7 Å². The van der Waals surface area contributed by atoms with Crippen molar-refractivity contribution in [2.75, 3.05) is 20.6 Å². The molecule has 1 aliphatic heterocycles. The maximum absolute atomic E-state index is 3.46. The maximum atomic E-state index is 3.46. The predicted molar refractivity (Wildman–Crippen MR) is 59.3 cm³/mol. The molecule has 1 N–H and O–H groups in total. The number of aryl methyl sites for hydroxylation is 1. The Morgan fingerprint density at radius 2 is 2.14 bits per heavy atom. The number of hydrogen-bond acceptors (Lipinski definition) is 2. The molecule has 76 valence electrons. The predicted octanol–water partition coefficient (Wildman–Crippen LogP) is 1.70. The second-order valence-corrected chi connectivity index (χ2v) is 4.31. The van der Waals surface area contributed by atoms with Gasteiger partial charge in [-0.15, -0.1) is 0 Å². The van der Waals surface area contributed by atoms with Gasteiger partial charge in [0.25, 0.3) is 0 Å². The molecule has 0 saturated heterocycles. The van der Waals surface area contributed by atoms with Crippen molar-refractivity contribution in [1.29, 1.82) is 0 Å². The topological polar surface area (TPSA) is 15.3 Å². The lowest BCUT2D eigenvalue weighted by molar-refractivity contribution is 0.276. The molecule has 1 aromatic rings. The van der Waals surface area contributed by atoms with Crippen molar-refractivity contribution in [2.45, 2.75) is 19.5 Å². The molecule has 0 aliphatic carbocycles. The van der Waals surface area contributed by atoms with Crippen LogP contribution in [-0.4, -0.2) is 25.5 Å². The van der Waals surface area contributed by atoms with Crippen LogP contribution in [-0.2, 0) is 6.54 Å². The van der Waals surface area contributed by atoms with Crippen molar-refractivity contribution in [3.8, 4) is 0 Å². The number of benzene rings is 1. The van der Waals surface area contributed by atoms with Gasteiger partial charge in [0.1, 0.15) is 0 Å². The van der Waals surface area contributed by atoms with Crippen LogP contribution in [0.25, 0.3) is 0 Å². The van der Waals surface area contributed by atoms with E-state index in [4.69, 9.17) is 0 Å². The van der Waals surface area contributed by atoms with Gasteiger partial charge in [-0.25, -0.2) is 0 Å². The molecule has 1 aromatic carbocycles. The summed E-state index contributed by atoms with van der Waals surface area (Å²) < 4.78 is 0. The fraction of sp³-hybridized carbons (Fsp3) is 0.500. The van der Waals surface area contributed by atoms with Crippen LogP contribution in [0.3, 0.4) is 0 Å². The minimum Gasteiger partial charge on any atom is -0.311 e. The third kappa shape index (κ3) is 1.68. The van der Waals surface area contributed by atoms with Gasteiger partial charge < -0.3 is 10.2 Å². The molecule has 0 bridgehead atoms. The van der Waals surface area contributed by atoms with E-state index in [1.807, 2.05) is 0 Å². The molecule has 0 fully saturated rings. The van der Waals surface area contributed by atoms with Gasteiger partial charge in [0, 0.05) is 19.1 Å². The Labute approximate surface area is 85.9 Å². The van der Waals surface area contributed by atoms with Gasteiger partial charge in [-0.1, -0.05) is 23.8 Å². The van der Waals surface area contributed by atoms with Crippen LogP contribution in [0.5, 0.6) is 0 Å². The smallest absolute Gasteiger partial charge is 0.0470 e. The van der Waals surface area contributed by atoms with E-state index >= 15 is 0 Å². The summed E-state index contributed by atoms with van der Waals surface area (Å²) in [4.78, 5) is 2.28. The van der Waals surface area contributed by atoms with Crippen molar-refractivity contribution in [3.63, 3.8) is 0 Å². The normalized spacial score (nSPS) is 21.0. The first-order chi connectivity index (χ1) is 6.68. The van der Waals surface area contributed by atoms with Crippen molar-refractivity contribution >= 4 is 0 Å². The summed E-state index contributed by atoms with van der Waals surface area (Å²) >= 11 is 0. The highest BCUT2D eigenvalue weighted by molar-refractivity contribution is 5.35. The molecule has 1 atom stereocenters. The Balaban J connectivity index is 2.40. The van der Waals surface area contributed by atoms with Crippen molar-refractivity contribution in [3.05, 3.63) is 34.9 Å². The molecule has 0 spiro atoms. The monoisotopic (exact) mass is 190 g/mol. The Kier molecular flexibility index (Phi) is 2.57. The van der Waals surface area contributed by atoms with Crippen LogP contribution >= 0.6 is 0 Å². The largest absolute Gasteiger partial charge is 0.311 e. The molecule has 1 aliphatic rings. The van der Waals surface area contributed by atoms with Crippen molar-refractivity contribution in [2.24, 2.45) is 0 Å². The van der Waals surface area contributed by atoms with E-state index in [2.05, 4.69) is 49.4 Å². The highest BCUT2D eigenvalue weighted by atomic mass is 15.1. The third-order valence-electron chi connectivity index (χ3n) is 2.93. The molecule has 2 nitrogen and oxygen atoms in total. The van der Waals surface area contributed by atoms with Crippen molar-refractivity contribution in [1.82, 2.24) is 10.2 Å². The molecule has 14 heavy (non-hydrogen) atoms. The van der Waals surface area contributed by atoms with E-state index in [1.54, 1.807) is 0 Å². The lowest BCUT2D eigenvalue weighted by atomic mass is 9.94. The minimum atomic E-state index is 0.527. The van der Waals surface area contributed by atoms with Gasteiger partial charge in [-0.3, -0.25) is 0 Å². The lowest BCUT2D eigenvalue weighted by Crippen LogP contribution is -2.35. The van der Waals surface area contributed by atoms with Crippen LogP contribution in [0, 0.1) is 6.92 Å². The molecule has 0 aromatic heterocycles. The molecule has 2 heteroatoms. The third-order valence-corrected chi connectivity index (χ3v) is 2.93. The molecule has 0 radical (unpaired) electrons. The second kappa shape index (κ2) is 3.71. The summed E-state index contributed by atoms with van der Waals surface area (Å²) in [7, 11) is 4.28. The lowest BCUT2D eigenvalue weighted by Gasteiger charge is -2.31. The zero-order valence-electron chi connectivity index (χ0n) is 9.17. The van der Waals surface area contributed by atoms with Gasteiger partial charge in [-0.2, -0.15) is 0 Å². The van der Waals surface area contributed by atoms with Gasteiger partial charge >= 0.3 is 0 Å². The quantitative estimate of drug-likeness (QED) is 0.725. The van der Waals surface area contributed by atoms with E-state index < -0.39 is 0 Å².